The summed E-state index contributed by atoms with van der Waals surface area (Å²) in [5, 5.41) is 17.8. The Balaban J connectivity index is 1.41. The van der Waals surface area contributed by atoms with Crippen molar-refractivity contribution in [1.29, 1.82) is 0 Å². The van der Waals surface area contributed by atoms with E-state index in [0.717, 1.165) is 25.0 Å². The van der Waals surface area contributed by atoms with Gasteiger partial charge in [0.1, 0.15) is 29.3 Å². The van der Waals surface area contributed by atoms with Gasteiger partial charge >= 0.3 is 0 Å². The number of amides is 1. The molecule has 38 heavy (non-hydrogen) atoms. The first-order valence-corrected chi connectivity index (χ1v) is 12.4. The Kier molecular flexibility index (Phi) is 5.95. The number of fused-ring (bicyclic) bond motifs is 3. The van der Waals surface area contributed by atoms with E-state index < -0.39 is 18.3 Å². The van der Waals surface area contributed by atoms with Crippen LogP contribution in [-0.4, -0.2) is 46.9 Å². The fourth-order valence-electron chi connectivity index (χ4n) is 5.35. The van der Waals surface area contributed by atoms with E-state index in [-0.39, 0.29) is 29.3 Å². The van der Waals surface area contributed by atoms with Gasteiger partial charge in [0.15, 0.2) is 5.82 Å². The zero-order valence-corrected chi connectivity index (χ0v) is 20.7. The van der Waals surface area contributed by atoms with Crippen LogP contribution in [0.2, 0.25) is 0 Å². The number of aromatic nitrogens is 6. The Morgan fingerprint density at radius 1 is 1.11 bits per heavy atom. The molecule has 0 saturated carbocycles. The van der Waals surface area contributed by atoms with Crippen LogP contribution < -0.4 is 15.8 Å². The van der Waals surface area contributed by atoms with Gasteiger partial charge in [-0.25, -0.2) is 24.0 Å². The molecule has 12 heteroatoms. The number of nitrogens with zero attached hydrogens (tertiary/aromatic N) is 7. The average molecular weight is 517 g/mol. The van der Waals surface area contributed by atoms with Crippen molar-refractivity contribution in [1.82, 2.24) is 29.3 Å². The first kappa shape index (κ1) is 23.9. The molecule has 4 aromatic rings. The Morgan fingerprint density at radius 2 is 1.95 bits per heavy atom. The number of nitrogens with one attached hydrogen (secondary N) is 1. The monoisotopic (exact) mass is 516 g/mol. The second kappa shape index (κ2) is 9.45. The third-order valence-electron chi connectivity index (χ3n) is 7.13. The van der Waals surface area contributed by atoms with Crippen LogP contribution in [-0.2, 0) is 33.0 Å². The van der Waals surface area contributed by atoms with Gasteiger partial charge in [0.25, 0.3) is 11.5 Å². The summed E-state index contributed by atoms with van der Waals surface area (Å²) in [4.78, 5) is 40.1. The van der Waals surface area contributed by atoms with Gasteiger partial charge in [0, 0.05) is 54.9 Å². The van der Waals surface area contributed by atoms with E-state index >= 15 is 4.39 Å². The third-order valence-corrected chi connectivity index (χ3v) is 7.13. The summed E-state index contributed by atoms with van der Waals surface area (Å²) < 4.78 is 18.4. The number of aryl methyl sites for hydroxylation is 1. The molecular formula is C26H25FN8O3. The number of rotatable bonds is 5. The Labute approximate surface area is 216 Å². The SMILES string of the molecule is Cn1nc(-c2ccnc(N3CCn4c5c(c(F)c4C3=O)CCCC5)c2CO)cc(Nc2ccncn2)c1=O. The molecule has 0 atom stereocenters. The highest BCUT2D eigenvalue weighted by atomic mass is 19.1. The highest BCUT2D eigenvalue weighted by Gasteiger charge is 2.36. The summed E-state index contributed by atoms with van der Waals surface area (Å²) >= 11 is 0. The number of carbonyl (C=O) groups excluding carboxylic acids is 1. The summed E-state index contributed by atoms with van der Waals surface area (Å²) in [6.45, 7) is 0.285. The molecule has 0 aromatic carbocycles. The lowest BCUT2D eigenvalue weighted by Gasteiger charge is -2.30. The van der Waals surface area contributed by atoms with E-state index in [9.17, 15) is 14.7 Å². The first-order chi connectivity index (χ1) is 18.5. The van der Waals surface area contributed by atoms with Crippen molar-refractivity contribution < 1.29 is 14.3 Å². The molecule has 0 radical (unpaired) electrons. The molecular weight excluding hydrogens is 491 g/mol. The zero-order chi connectivity index (χ0) is 26.4. The van der Waals surface area contributed by atoms with Gasteiger partial charge in [-0.3, -0.25) is 14.5 Å². The maximum Gasteiger partial charge on any atom is 0.290 e. The number of carbonyl (C=O) groups is 1. The summed E-state index contributed by atoms with van der Waals surface area (Å²) in [6, 6.07) is 4.84. The topological polar surface area (TPSA) is 131 Å². The lowest BCUT2D eigenvalue weighted by atomic mass is 9.97. The molecule has 2 aliphatic rings. The van der Waals surface area contributed by atoms with Crippen LogP contribution >= 0.6 is 0 Å². The van der Waals surface area contributed by atoms with E-state index in [1.165, 1.54) is 29.2 Å². The van der Waals surface area contributed by atoms with E-state index in [1.807, 2.05) is 4.57 Å². The van der Waals surface area contributed by atoms with Crippen LogP contribution in [0.15, 0.2) is 41.7 Å². The first-order valence-electron chi connectivity index (χ1n) is 12.4. The average Bonchev–Trinajstić information content (AvgIpc) is 3.24. The van der Waals surface area contributed by atoms with Crippen molar-refractivity contribution in [2.24, 2.45) is 7.05 Å². The highest BCUT2D eigenvalue weighted by Crippen LogP contribution is 2.35. The van der Waals surface area contributed by atoms with Gasteiger partial charge in [-0.2, -0.15) is 5.10 Å². The van der Waals surface area contributed by atoms with Crippen molar-refractivity contribution in [3.63, 3.8) is 0 Å². The van der Waals surface area contributed by atoms with Crippen LogP contribution in [0.3, 0.4) is 0 Å². The molecule has 2 N–H and O–H groups in total. The largest absolute Gasteiger partial charge is 0.392 e. The number of anilines is 3. The minimum atomic E-state index is -0.484. The Bertz CT molecular complexity index is 1620. The molecule has 194 valence electrons. The maximum atomic E-state index is 15.4. The third kappa shape index (κ3) is 3.84. The lowest BCUT2D eigenvalue weighted by Crippen LogP contribution is -2.42. The summed E-state index contributed by atoms with van der Waals surface area (Å²) in [7, 11) is 1.52. The van der Waals surface area contributed by atoms with E-state index in [2.05, 4.69) is 25.4 Å². The van der Waals surface area contributed by atoms with Crippen molar-refractivity contribution in [2.75, 3.05) is 16.8 Å². The number of pyridine rings is 1. The molecule has 6 rings (SSSR count). The second-order valence-electron chi connectivity index (χ2n) is 9.31. The van der Waals surface area contributed by atoms with Gasteiger partial charge < -0.3 is 15.0 Å². The van der Waals surface area contributed by atoms with E-state index in [0.29, 0.717) is 41.2 Å². The Morgan fingerprint density at radius 3 is 2.74 bits per heavy atom. The lowest BCUT2D eigenvalue weighted by molar-refractivity contribution is 0.0958. The van der Waals surface area contributed by atoms with Gasteiger partial charge in [-0.05, 0) is 43.9 Å². The van der Waals surface area contributed by atoms with Gasteiger partial charge in [0.2, 0.25) is 0 Å². The fraction of sp³-hybridized carbons (Fsp3) is 0.308. The van der Waals surface area contributed by atoms with Crippen LogP contribution in [0, 0.1) is 5.82 Å². The number of aliphatic hydroxyl groups excluding tert-OH is 1. The predicted molar refractivity (Wildman–Crippen MR) is 137 cm³/mol. The van der Waals surface area contributed by atoms with Crippen molar-refractivity contribution in [2.45, 2.75) is 38.8 Å². The normalized spacial score (nSPS) is 14.8. The smallest absolute Gasteiger partial charge is 0.290 e. The summed E-state index contributed by atoms with van der Waals surface area (Å²) in [5.74, 6) is -0.266. The Hall–Kier alpha value is -4.45. The number of halogens is 1. The molecule has 1 aliphatic heterocycles. The van der Waals surface area contributed by atoms with Crippen molar-refractivity contribution in [3.05, 3.63) is 75.6 Å². The summed E-state index contributed by atoms with van der Waals surface area (Å²) in [5.41, 5.74) is 2.68. The van der Waals surface area contributed by atoms with Crippen molar-refractivity contribution >= 4 is 23.2 Å². The molecule has 0 fully saturated rings. The van der Waals surface area contributed by atoms with Crippen LogP contribution in [0.5, 0.6) is 0 Å². The minimum Gasteiger partial charge on any atom is -0.392 e. The molecule has 0 unspecified atom stereocenters. The van der Waals surface area contributed by atoms with Crippen LogP contribution in [0.1, 0.15) is 40.2 Å². The molecule has 11 nitrogen and oxygen atoms in total. The van der Waals surface area contributed by atoms with E-state index in [4.69, 9.17) is 0 Å². The molecule has 1 amide bonds. The van der Waals surface area contributed by atoms with E-state index in [1.54, 1.807) is 24.4 Å². The second-order valence-corrected chi connectivity index (χ2v) is 9.31. The van der Waals surface area contributed by atoms with Crippen molar-refractivity contribution in [3.8, 4) is 11.3 Å². The zero-order valence-electron chi connectivity index (χ0n) is 20.7. The number of aliphatic hydroxyl groups is 1. The molecule has 4 aromatic heterocycles. The maximum absolute atomic E-state index is 15.4. The van der Waals surface area contributed by atoms with Gasteiger partial charge in [-0.1, -0.05) is 0 Å². The molecule has 0 spiro atoms. The molecule has 1 aliphatic carbocycles. The molecule has 5 heterocycles. The van der Waals surface area contributed by atoms with Crippen LogP contribution in [0.25, 0.3) is 11.3 Å². The van der Waals surface area contributed by atoms with Gasteiger partial charge in [0.05, 0.1) is 12.3 Å². The van der Waals surface area contributed by atoms with Crippen LogP contribution in [0.4, 0.5) is 21.7 Å². The van der Waals surface area contributed by atoms with Gasteiger partial charge in [-0.15, -0.1) is 0 Å². The standard InChI is InChI=1S/C26H25FN8O3/c1-33-25(37)19(31-21-7-8-28-14-30-21)12-18(32-33)15-6-9-29-24(17(15)13-36)35-11-10-34-20-5-3-2-4-16(20)22(27)23(34)26(35)38/h6-9,12,14,36H,2-5,10-11,13H2,1H3,(H,28,30,31). The highest BCUT2D eigenvalue weighted by molar-refractivity contribution is 6.06. The molecule has 0 bridgehead atoms. The quantitative estimate of drug-likeness (QED) is 0.413. The predicted octanol–water partition coefficient (Wildman–Crippen LogP) is 2.35. The molecule has 0 saturated heterocycles. The number of hydrogen-bond donors (Lipinski definition) is 2. The fourth-order valence-corrected chi connectivity index (χ4v) is 5.35. The summed E-state index contributed by atoms with van der Waals surface area (Å²) in [6.07, 6.45) is 7.70. The minimum absolute atomic E-state index is 0.0517. The number of hydrogen-bond acceptors (Lipinski definition) is 8.